The van der Waals surface area contributed by atoms with Crippen LogP contribution in [0.4, 0.5) is 11.4 Å². The first kappa shape index (κ1) is 18.2. The minimum Gasteiger partial charge on any atom is -0.321 e. The average Bonchev–Trinajstić information content (AvgIpc) is 3.18. The van der Waals surface area contributed by atoms with Crippen LogP contribution < -0.4 is 10.0 Å². The van der Waals surface area contributed by atoms with E-state index in [1.165, 1.54) is 18.2 Å². The van der Waals surface area contributed by atoms with Gasteiger partial charge in [-0.2, -0.15) is 0 Å². The molecule has 0 bridgehead atoms. The third-order valence-corrected chi connectivity index (χ3v) is 7.28. The highest BCUT2D eigenvalue weighted by molar-refractivity contribution is 7.94. The van der Waals surface area contributed by atoms with Crippen molar-refractivity contribution in [3.63, 3.8) is 0 Å². The van der Waals surface area contributed by atoms with E-state index in [0.717, 1.165) is 22.7 Å². The topological polar surface area (TPSA) is 75.3 Å². The van der Waals surface area contributed by atoms with E-state index in [0.29, 0.717) is 15.0 Å². The molecule has 3 rings (SSSR count). The molecule has 0 fully saturated rings. The largest absolute Gasteiger partial charge is 0.321 e. The van der Waals surface area contributed by atoms with Crippen LogP contribution in [0.15, 0.2) is 52.1 Å². The maximum absolute atomic E-state index is 12.4. The maximum Gasteiger partial charge on any atom is 0.271 e. The van der Waals surface area contributed by atoms with Gasteiger partial charge in [-0.05, 0) is 47.8 Å². The molecule has 2 N–H and O–H groups in total. The number of carbonyl (C=O) groups excluding carboxylic acids is 1. The fraction of sp³-hybridized carbons (Fsp3) is 0. The lowest BCUT2D eigenvalue weighted by Gasteiger charge is -2.08. The second-order valence-corrected chi connectivity index (χ2v) is 9.77. The van der Waals surface area contributed by atoms with Crippen molar-refractivity contribution in [1.29, 1.82) is 0 Å². The van der Waals surface area contributed by atoms with Gasteiger partial charge in [0.05, 0.1) is 10.0 Å². The van der Waals surface area contributed by atoms with Crippen LogP contribution >= 0.6 is 45.9 Å². The molecule has 5 nitrogen and oxygen atoms in total. The molecule has 0 radical (unpaired) electrons. The van der Waals surface area contributed by atoms with E-state index in [1.807, 2.05) is 0 Å². The molecule has 0 aliphatic carbocycles. The predicted octanol–water partition coefficient (Wildman–Crippen LogP) is 5.17. The van der Waals surface area contributed by atoms with Crippen molar-refractivity contribution < 1.29 is 13.2 Å². The lowest BCUT2D eigenvalue weighted by molar-refractivity contribution is 0.103. The van der Waals surface area contributed by atoms with Crippen LogP contribution in [0.3, 0.4) is 0 Å². The van der Waals surface area contributed by atoms with Gasteiger partial charge in [-0.1, -0.05) is 23.2 Å². The third kappa shape index (κ3) is 4.34. The number of benzene rings is 1. The van der Waals surface area contributed by atoms with E-state index in [1.54, 1.807) is 29.6 Å². The standard InChI is InChI=1S/C15H10Cl2N2O3S3/c16-9-1-3-10(4-2-9)18-15(20)14-11(7-8-23-14)19-25(21,22)13-6-5-12(17)24-13/h1-8,19H,(H,18,20). The van der Waals surface area contributed by atoms with Crippen molar-refractivity contribution in [2.24, 2.45) is 0 Å². The molecule has 2 heterocycles. The van der Waals surface area contributed by atoms with E-state index in [4.69, 9.17) is 23.2 Å². The number of halogens is 2. The van der Waals surface area contributed by atoms with Crippen molar-refractivity contribution in [3.05, 3.63) is 62.1 Å². The molecule has 2 aromatic heterocycles. The van der Waals surface area contributed by atoms with Gasteiger partial charge >= 0.3 is 0 Å². The number of anilines is 2. The molecular weight excluding hydrogens is 423 g/mol. The molecule has 0 unspecified atom stereocenters. The van der Waals surface area contributed by atoms with E-state index < -0.39 is 15.9 Å². The predicted molar refractivity (Wildman–Crippen MR) is 104 cm³/mol. The zero-order valence-corrected chi connectivity index (χ0v) is 16.3. The number of hydrogen-bond acceptors (Lipinski definition) is 5. The highest BCUT2D eigenvalue weighted by Gasteiger charge is 2.21. The highest BCUT2D eigenvalue weighted by atomic mass is 35.5. The quantitative estimate of drug-likeness (QED) is 0.583. The van der Waals surface area contributed by atoms with E-state index in [2.05, 4.69) is 10.0 Å². The van der Waals surface area contributed by atoms with Crippen LogP contribution in [0.25, 0.3) is 0 Å². The summed E-state index contributed by atoms with van der Waals surface area (Å²) in [6, 6.07) is 11.1. The molecule has 3 aromatic rings. The third-order valence-electron chi connectivity index (χ3n) is 3.03. The Balaban J connectivity index is 1.80. The smallest absolute Gasteiger partial charge is 0.271 e. The number of thiophene rings is 2. The molecule has 0 saturated carbocycles. The van der Waals surface area contributed by atoms with Crippen LogP contribution in [0, 0.1) is 0 Å². The van der Waals surface area contributed by atoms with Crippen molar-refractivity contribution in [1.82, 2.24) is 0 Å². The van der Waals surface area contributed by atoms with Crippen molar-refractivity contribution in [2.45, 2.75) is 4.21 Å². The molecule has 0 spiro atoms. The monoisotopic (exact) mass is 432 g/mol. The van der Waals surface area contributed by atoms with Gasteiger partial charge in [0.2, 0.25) is 0 Å². The van der Waals surface area contributed by atoms with E-state index in [9.17, 15) is 13.2 Å². The summed E-state index contributed by atoms with van der Waals surface area (Å²) in [6.07, 6.45) is 0. The Kier molecular flexibility index (Phi) is 5.35. The lowest BCUT2D eigenvalue weighted by atomic mass is 10.3. The summed E-state index contributed by atoms with van der Waals surface area (Å²) in [5.41, 5.74) is 0.766. The Morgan fingerprint density at radius 1 is 1.00 bits per heavy atom. The number of rotatable bonds is 5. The summed E-state index contributed by atoms with van der Waals surface area (Å²) in [5, 5.41) is 4.89. The molecule has 0 aliphatic heterocycles. The Morgan fingerprint density at radius 3 is 2.36 bits per heavy atom. The summed E-state index contributed by atoms with van der Waals surface area (Å²) in [5.74, 6) is -0.417. The first-order chi connectivity index (χ1) is 11.8. The highest BCUT2D eigenvalue weighted by Crippen LogP contribution is 2.30. The van der Waals surface area contributed by atoms with Crippen LogP contribution in [-0.4, -0.2) is 14.3 Å². The van der Waals surface area contributed by atoms with E-state index in [-0.39, 0.29) is 14.8 Å². The molecule has 1 aromatic carbocycles. The molecule has 10 heteroatoms. The summed E-state index contributed by atoms with van der Waals surface area (Å²) in [6.45, 7) is 0. The normalized spacial score (nSPS) is 11.3. The minimum absolute atomic E-state index is 0.0766. The molecule has 25 heavy (non-hydrogen) atoms. The minimum atomic E-state index is -3.80. The maximum atomic E-state index is 12.4. The van der Waals surface area contributed by atoms with Gasteiger partial charge in [-0.25, -0.2) is 8.42 Å². The van der Waals surface area contributed by atoms with Crippen LogP contribution in [0.5, 0.6) is 0 Å². The van der Waals surface area contributed by atoms with Gasteiger partial charge in [0.1, 0.15) is 9.09 Å². The summed E-state index contributed by atoms with van der Waals surface area (Å²) in [4.78, 5) is 12.7. The zero-order valence-electron chi connectivity index (χ0n) is 12.3. The van der Waals surface area contributed by atoms with E-state index >= 15 is 0 Å². The Morgan fingerprint density at radius 2 is 1.72 bits per heavy atom. The molecular formula is C15H10Cl2N2O3S3. The Labute approximate surface area is 162 Å². The van der Waals surface area contributed by atoms with Crippen LogP contribution in [0.1, 0.15) is 9.67 Å². The second-order valence-electron chi connectivity index (χ2n) is 4.79. The van der Waals surface area contributed by atoms with Gasteiger partial charge in [-0.3, -0.25) is 9.52 Å². The molecule has 0 atom stereocenters. The second kappa shape index (κ2) is 7.35. The summed E-state index contributed by atoms with van der Waals surface area (Å²) < 4.78 is 27.6. The number of amides is 1. The van der Waals surface area contributed by atoms with Crippen molar-refractivity contribution in [3.8, 4) is 0 Å². The summed E-state index contributed by atoms with van der Waals surface area (Å²) >= 11 is 13.7. The molecule has 0 saturated heterocycles. The average molecular weight is 433 g/mol. The number of carbonyl (C=O) groups is 1. The lowest BCUT2D eigenvalue weighted by Crippen LogP contribution is -2.16. The van der Waals surface area contributed by atoms with Gasteiger partial charge in [-0.15, -0.1) is 22.7 Å². The number of nitrogens with one attached hydrogen (secondary N) is 2. The zero-order chi connectivity index (χ0) is 18.0. The summed E-state index contributed by atoms with van der Waals surface area (Å²) in [7, 11) is -3.80. The molecule has 0 aliphatic rings. The van der Waals surface area contributed by atoms with Gasteiger partial charge in [0.25, 0.3) is 15.9 Å². The van der Waals surface area contributed by atoms with Gasteiger partial charge < -0.3 is 5.32 Å². The van der Waals surface area contributed by atoms with Crippen LogP contribution in [0.2, 0.25) is 9.36 Å². The molecule has 130 valence electrons. The number of sulfonamides is 1. The Bertz CT molecular complexity index is 1010. The number of hydrogen-bond donors (Lipinski definition) is 2. The fourth-order valence-electron chi connectivity index (χ4n) is 1.92. The Hall–Kier alpha value is -1.58. The first-order valence-electron chi connectivity index (χ1n) is 6.78. The van der Waals surface area contributed by atoms with Crippen molar-refractivity contribution >= 4 is 73.2 Å². The van der Waals surface area contributed by atoms with Crippen molar-refractivity contribution in [2.75, 3.05) is 10.0 Å². The first-order valence-corrected chi connectivity index (χ1v) is 10.7. The van der Waals surface area contributed by atoms with Gasteiger partial charge in [0, 0.05) is 10.7 Å². The van der Waals surface area contributed by atoms with Crippen LogP contribution in [-0.2, 0) is 10.0 Å². The fourth-order valence-corrected chi connectivity index (χ4v) is 5.41. The molecule has 1 amide bonds. The SMILES string of the molecule is O=C(Nc1ccc(Cl)cc1)c1sccc1NS(=O)(=O)c1ccc(Cl)s1. The van der Waals surface area contributed by atoms with Gasteiger partial charge in [0.15, 0.2) is 0 Å².